The van der Waals surface area contributed by atoms with Crippen molar-refractivity contribution in [2.45, 2.75) is 6.92 Å². The van der Waals surface area contributed by atoms with E-state index >= 15 is 0 Å². The molecule has 0 spiro atoms. The number of benzene rings is 2. The highest BCUT2D eigenvalue weighted by Gasteiger charge is 2.08. The number of non-ortho nitro benzene ring substituents is 1. The average molecular weight is 313 g/mol. The Hall–Kier alpha value is -3.22. The van der Waals surface area contributed by atoms with Crippen LogP contribution in [0.4, 0.5) is 5.69 Å². The van der Waals surface area contributed by atoms with E-state index in [0.29, 0.717) is 17.0 Å². The SMILES string of the molecule is C/C(=N\NC(=O)COc1ccccc1)c1cccc([N+](=O)[O-])c1. The number of para-hydroxylation sites is 1. The number of nitrogens with one attached hydrogen (secondary N) is 1. The normalized spacial score (nSPS) is 10.9. The number of hydrogen-bond acceptors (Lipinski definition) is 5. The summed E-state index contributed by atoms with van der Waals surface area (Å²) in [7, 11) is 0. The molecule has 7 heteroatoms. The number of nitrogens with zero attached hydrogens (tertiary/aromatic N) is 2. The molecule has 0 bridgehead atoms. The summed E-state index contributed by atoms with van der Waals surface area (Å²) in [5, 5.41) is 14.7. The van der Waals surface area contributed by atoms with Crippen LogP contribution in [-0.4, -0.2) is 23.1 Å². The maximum atomic E-state index is 11.7. The molecule has 118 valence electrons. The van der Waals surface area contributed by atoms with Gasteiger partial charge >= 0.3 is 0 Å². The van der Waals surface area contributed by atoms with Gasteiger partial charge in [-0.1, -0.05) is 30.3 Å². The third-order valence-corrected chi connectivity index (χ3v) is 2.94. The molecule has 0 heterocycles. The number of ether oxygens (including phenoxy) is 1. The number of amides is 1. The van der Waals surface area contributed by atoms with Crippen molar-refractivity contribution in [1.29, 1.82) is 0 Å². The first-order chi connectivity index (χ1) is 11.1. The Morgan fingerprint density at radius 2 is 1.96 bits per heavy atom. The summed E-state index contributed by atoms with van der Waals surface area (Å²) in [5.74, 6) is 0.167. The van der Waals surface area contributed by atoms with Crippen molar-refractivity contribution in [3.05, 3.63) is 70.3 Å². The molecular formula is C16H15N3O4. The van der Waals surface area contributed by atoms with Crippen LogP contribution in [0.2, 0.25) is 0 Å². The van der Waals surface area contributed by atoms with Gasteiger partial charge in [0.05, 0.1) is 10.6 Å². The average Bonchev–Trinajstić information content (AvgIpc) is 2.58. The molecule has 0 aliphatic heterocycles. The first-order valence-corrected chi connectivity index (χ1v) is 6.82. The molecule has 23 heavy (non-hydrogen) atoms. The molecule has 7 nitrogen and oxygen atoms in total. The zero-order valence-electron chi connectivity index (χ0n) is 12.4. The van der Waals surface area contributed by atoms with Gasteiger partial charge < -0.3 is 4.74 Å². The van der Waals surface area contributed by atoms with Gasteiger partial charge in [0.2, 0.25) is 0 Å². The van der Waals surface area contributed by atoms with Crippen LogP contribution in [0.5, 0.6) is 5.75 Å². The number of carbonyl (C=O) groups is 1. The molecule has 1 N–H and O–H groups in total. The summed E-state index contributed by atoms with van der Waals surface area (Å²) in [6, 6.07) is 15.0. The van der Waals surface area contributed by atoms with Crippen LogP contribution in [0.25, 0.3) is 0 Å². The number of carbonyl (C=O) groups excluding carboxylic acids is 1. The van der Waals surface area contributed by atoms with E-state index in [-0.39, 0.29) is 12.3 Å². The lowest BCUT2D eigenvalue weighted by molar-refractivity contribution is -0.384. The molecule has 0 radical (unpaired) electrons. The number of nitro benzene ring substituents is 1. The number of hydrazone groups is 1. The summed E-state index contributed by atoms with van der Waals surface area (Å²) in [6.45, 7) is 1.48. The first kappa shape index (κ1) is 16.2. The zero-order valence-corrected chi connectivity index (χ0v) is 12.4. The minimum Gasteiger partial charge on any atom is -0.484 e. The molecule has 1 amide bonds. The Balaban J connectivity index is 1.92. The third kappa shape index (κ3) is 4.92. The Labute approximate surface area is 132 Å². The Kier molecular flexibility index (Phi) is 5.40. The largest absolute Gasteiger partial charge is 0.484 e. The summed E-state index contributed by atoms with van der Waals surface area (Å²) in [5.41, 5.74) is 3.34. The second-order valence-corrected chi connectivity index (χ2v) is 4.64. The highest BCUT2D eigenvalue weighted by molar-refractivity contribution is 5.99. The molecule has 0 fully saturated rings. The standard InChI is InChI=1S/C16H15N3O4/c1-12(13-6-5-7-14(10-13)19(21)22)17-18-16(20)11-23-15-8-3-2-4-9-15/h2-10H,11H2,1H3,(H,18,20)/b17-12+. The molecule has 2 rings (SSSR count). The zero-order chi connectivity index (χ0) is 16.7. The fourth-order valence-corrected chi connectivity index (χ4v) is 1.75. The van der Waals surface area contributed by atoms with E-state index in [4.69, 9.17) is 4.74 Å². The monoisotopic (exact) mass is 313 g/mol. The number of nitro groups is 1. The highest BCUT2D eigenvalue weighted by atomic mass is 16.6. The second-order valence-electron chi connectivity index (χ2n) is 4.64. The highest BCUT2D eigenvalue weighted by Crippen LogP contribution is 2.13. The maximum Gasteiger partial charge on any atom is 0.277 e. The van der Waals surface area contributed by atoms with Gasteiger partial charge in [0.25, 0.3) is 11.6 Å². The topological polar surface area (TPSA) is 93.8 Å². The van der Waals surface area contributed by atoms with Gasteiger partial charge in [0.15, 0.2) is 6.61 Å². The smallest absolute Gasteiger partial charge is 0.277 e. The molecule has 0 atom stereocenters. The predicted octanol–water partition coefficient (Wildman–Crippen LogP) is 2.51. The number of rotatable bonds is 6. The van der Waals surface area contributed by atoms with Crippen LogP contribution in [0.3, 0.4) is 0 Å². The van der Waals surface area contributed by atoms with E-state index in [1.807, 2.05) is 6.07 Å². The molecule has 0 aliphatic rings. The first-order valence-electron chi connectivity index (χ1n) is 6.82. The Bertz CT molecular complexity index is 729. The fourth-order valence-electron chi connectivity index (χ4n) is 1.75. The van der Waals surface area contributed by atoms with Crippen LogP contribution >= 0.6 is 0 Å². The van der Waals surface area contributed by atoms with Crippen molar-refractivity contribution >= 4 is 17.3 Å². The Morgan fingerprint density at radius 3 is 2.65 bits per heavy atom. The van der Waals surface area contributed by atoms with Crippen molar-refractivity contribution in [2.24, 2.45) is 5.10 Å². The molecule has 2 aromatic carbocycles. The van der Waals surface area contributed by atoms with Crippen molar-refractivity contribution in [3.63, 3.8) is 0 Å². The van der Waals surface area contributed by atoms with Gasteiger partial charge in [0.1, 0.15) is 5.75 Å². The van der Waals surface area contributed by atoms with Crippen LogP contribution in [0.1, 0.15) is 12.5 Å². The predicted molar refractivity (Wildman–Crippen MR) is 85.4 cm³/mol. The lowest BCUT2D eigenvalue weighted by Crippen LogP contribution is -2.25. The molecule has 0 saturated heterocycles. The van der Waals surface area contributed by atoms with Gasteiger partial charge in [-0.3, -0.25) is 14.9 Å². The van der Waals surface area contributed by atoms with E-state index in [1.165, 1.54) is 12.1 Å². The van der Waals surface area contributed by atoms with E-state index in [2.05, 4.69) is 10.5 Å². The van der Waals surface area contributed by atoms with Crippen molar-refractivity contribution in [2.75, 3.05) is 6.61 Å². The lowest BCUT2D eigenvalue weighted by atomic mass is 10.1. The van der Waals surface area contributed by atoms with Gasteiger partial charge in [-0.2, -0.15) is 5.10 Å². The summed E-state index contributed by atoms with van der Waals surface area (Å²) in [6.07, 6.45) is 0. The number of hydrogen-bond donors (Lipinski definition) is 1. The van der Waals surface area contributed by atoms with Gasteiger partial charge in [0, 0.05) is 17.7 Å². The lowest BCUT2D eigenvalue weighted by Gasteiger charge is -2.05. The quantitative estimate of drug-likeness (QED) is 0.503. The van der Waals surface area contributed by atoms with E-state index in [9.17, 15) is 14.9 Å². The van der Waals surface area contributed by atoms with Crippen molar-refractivity contribution in [3.8, 4) is 5.75 Å². The molecule has 0 aliphatic carbocycles. The minimum atomic E-state index is -0.483. The summed E-state index contributed by atoms with van der Waals surface area (Å²) < 4.78 is 5.29. The van der Waals surface area contributed by atoms with Crippen molar-refractivity contribution in [1.82, 2.24) is 5.43 Å². The van der Waals surface area contributed by atoms with Gasteiger partial charge in [-0.05, 0) is 19.1 Å². The van der Waals surface area contributed by atoms with Crippen LogP contribution in [0, 0.1) is 10.1 Å². The maximum absolute atomic E-state index is 11.7. The van der Waals surface area contributed by atoms with E-state index in [1.54, 1.807) is 43.3 Å². The van der Waals surface area contributed by atoms with Gasteiger partial charge in [-0.15, -0.1) is 0 Å². The third-order valence-electron chi connectivity index (χ3n) is 2.94. The van der Waals surface area contributed by atoms with Crippen LogP contribution in [0.15, 0.2) is 59.7 Å². The van der Waals surface area contributed by atoms with E-state index < -0.39 is 10.8 Å². The molecule has 2 aromatic rings. The summed E-state index contributed by atoms with van der Waals surface area (Å²) in [4.78, 5) is 21.9. The fraction of sp³-hybridized carbons (Fsp3) is 0.125. The molecule has 0 unspecified atom stereocenters. The molecule has 0 aromatic heterocycles. The molecular weight excluding hydrogens is 298 g/mol. The Morgan fingerprint density at radius 1 is 1.22 bits per heavy atom. The van der Waals surface area contributed by atoms with Gasteiger partial charge in [-0.25, -0.2) is 5.43 Å². The molecule has 0 saturated carbocycles. The van der Waals surface area contributed by atoms with E-state index in [0.717, 1.165) is 0 Å². The minimum absolute atomic E-state index is 0.0317. The summed E-state index contributed by atoms with van der Waals surface area (Å²) >= 11 is 0. The van der Waals surface area contributed by atoms with Crippen LogP contribution < -0.4 is 10.2 Å². The van der Waals surface area contributed by atoms with Crippen molar-refractivity contribution < 1.29 is 14.5 Å². The second kappa shape index (κ2) is 7.69. The van der Waals surface area contributed by atoms with Crippen LogP contribution in [-0.2, 0) is 4.79 Å².